The standard InChI is InChI=1S/C33H19F6N/c34-32(35,36)27-15-25(16-28(18-27)33(37,38)39)23-12-13-24-14-26(19-40-31(24)17-23)20-8-10-22(11-9-20)30-7-3-5-21-4-1-2-6-29(21)30/h1-19H. The van der Waals surface area contributed by atoms with Crippen molar-refractivity contribution in [1.29, 1.82) is 0 Å². The third-order valence-corrected chi connectivity index (χ3v) is 6.92. The van der Waals surface area contributed by atoms with Crippen LogP contribution in [-0.4, -0.2) is 4.98 Å². The maximum atomic E-state index is 13.3. The summed E-state index contributed by atoms with van der Waals surface area (Å²) in [6, 6.07) is 30.5. The van der Waals surface area contributed by atoms with Crippen LogP contribution in [0.2, 0.25) is 0 Å². The second-order valence-electron chi connectivity index (χ2n) is 9.53. The van der Waals surface area contributed by atoms with Crippen LogP contribution in [0, 0.1) is 0 Å². The summed E-state index contributed by atoms with van der Waals surface area (Å²) in [5.41, 5.74) is 1.73. The maximum Gasteiger partial charge on any atom is 0.416 e. The summed E-state index contributed by atoms with van der Waals surface area (Å²) in [5, 5.41) is 3.02. The second-order valence-corrected chi connectivity index (χ2v) is 9.53. The van der Waals surface area contributed by atoms with Gasteiger partial charge in [-0.2, -0.15) is 26.3 Å². The Morgan fingerprint density at radius 3 is 1.77 bits per heavy atom. The summed E-state index contributed by atoms with van der Waals surface area (Å²) >= 11 is 0. The molecule has 6 aromatic rings. The zero-order valence-corrected chi connectivity index (χ0v) is 20.7. The number of pyridine rings is 1. The summed E-state index contributed by atoms with van der Waals surface area (Å²) in [5.74, 6) is 0. The average Bonchev–Trinajstić information content (AvgIpc) is 2.95. The van der Waals surface area contributed by atoms with E-state index in [9.17, 15) is 26.3 Å². The number of hydrogen-bond acceptors (Lipinski definition) is 1. The van der Waals surface area contributed by atoms with Gasteiger partial charge in [0.15, 0.2) is 0 Å². The smallest absolute Gasteiger partial charge is 0.256 e. The van der Waals surface area contributed by atoms with Crippen molar-refractivity contribution in [3.05, 3.63) is 127 Å². The van der Waals surface area contributed by atoms with E-state index in [1.807, 2.05) is 48.5 Å². The van der Waals surface area contributed by atoms with Crippen molar-refractivity contribution in [3.8, 4) is 33.4 Å². The summed E-state index contributed by atoms with van der Waals surface area (Å²) in [6.07, 6.45) is -8.18. The quantitative estimate of drug-likeness (QED) is 0.202. The predicted molar refractivity (Wildman–Crippen MR) is 146 cm³/mol. The third kappa shape index (κ3) is 4.91. The van der Waals surface area contributed by atoms with Gasteiger partial charge < -0.3 is 0 Å². The molecular weight excluding hydrogens is 524 g/mol. The van der Waals surface area contributed by atoms with Gasteiger partial charge in [-0.05, 0) is 68.9 Å². The number of rotatable bonds is 3. The topological polar surface area (TPSA) is 12.9 Å². The Hall–Kier alpha value is -4.65. The molecule has 0 saturated carbocycles. The van der Waals surface area contributed by atoms with E-state index in [0.29, 0.717) is 10.9 Å². The molecule has 198 valence electrons. The molecular formula is C33H19F6N. The lowest BCUT2D eigenvalue weighted by atomic mass is 9.96. The normalized spacial score (nSPS) is 12.2. The van der Waals surface area contributed by atoms with Crippen molar-refractivity contribution < 1.29 is 26.3 Å². The first-order chi connectivity index (χ1) is 19.1. The SMILES string of the molecule is FC(F)(F)c1cc(-c2ccc3cc(-c4ccc(-c5cccc6ccccc56)cc4)cnc3c2)cc(C(F)(F)F)c1. The van der Waals surface area contributed by atoms with Crippen LogP contribution in [0.3, 0.4) is 0 Å². The van der Waals surface area contributed by atoms with Crippen molar-refractivity contribution in [2.45, 2.75) is 12.4 Å². The lowest BCUT2D eigenvalue weighted by Gasteiger charge is -2.14. The van der Waals surface area contributed by atoms with Gasteiger partial charge in [0.25, 0.3) is 0 Å². The minimum Gasteiger partial charge on any atom is -0.256 e. The van der Waals surface area contributed by atoms with Crippen LogP contribution in [0.1, 0.15) is 11.1 Å². The highest BCUT2D eigenvalue weighted by Crippen LogP contribution is 2.39. The minimum atomic E-state index is -4.91. The van der Waals surface area contributed by atoms with E-state index in [0.717, 1.165) is 45.2 Å². The van der Waals surface area contributed by atoms with Gasteiger partial charge in [0, 0.05) is 17.1 Å². The van der Waals surface area contributed by atoms with Crippen LogP contribution >= 0.6 is 0 Å². The van der Waals surface area contributed by atoms with Crippen LogP contribution in [0.5, 0.6) is 0 Å². The molecule has 0 bridgehead atoms. The van der Waals surface area contributed by atoms with Gasteiger partial charge in [0.2, 0.25) is 0 Å². The zero-order valence-electron chi connectivity index (χ0n) is 20.7. The number of fused-ring (bicyclic) bond motifs is 2. The van der Waals surface area contributed by atoms with E-state index in [4.69, 9.17) is 0 Å². The first-order valence-electron chi connectivity index (χ1n) is 12.3. The molecule has 0 amide bonds. The Bertz CT molecular complexity index is 1830. The van der Waals surface area contributed by atoms with E-state index in [-0.39, 0.29) is 17.2 Å². The van der Waals surface area contributed by atoms with Crippen LogP contribution in [0.4, 0.5) is 26.3 Å². The molecule has 7 heteroatoms. The molecule has 0 N–H and O–H groups in total. The second kappa shape index (κ2) is 9.52. The summed E-state index contributed by atoms with van der Waals surface area (Å²) in [4.78, 5) is 4.46. The Balaban J connectivity index is 1.34. The van der Waals surface area contributed by atoms with Crippen molar-refractivity contribution in [2.24, 2.45) is 0 Å². The van der Waals surface area contributed by atoms with Crippen LogP contribution in [-0.2, 0) is 12.4 Å². The largest absolute Gasteiger partial charge is 0.416 e. The fourth-order valence-corrected chi connectivity index (χ4v) is 4.90. The molecule has 0 aliphatic rings. The number of alkyl halides is 6. The Morgan fingerprint density at radius 1 is 0.450 bits per heavy atom. The van der Waals surface area contributed by atoms with Crippen molar-refractivity contribution in [3.63, 3.8) is 0 Å². The van der Waals surface area contributed by atoms with Gasteiger partial charge in [0.1, 0.15) is 0 Å². The summed E-state index contributed by atoms with van der Waals surface area (Å²) in [6.45, 7) is 0. The number of halogens is 6. The van der Waals surface area contributed by atoms with Gasteiger partial charge in [0.05, 0.1) is 16.6 Å². The molecule has 6 rings (SSSR count). The monoisotopic (exact) mass is 543 g/mol. The highest BCUT2D eigenvalue weighted by molar-refractivity contribution is 5.97. The van der Waals surface area contributed by atoms with E-state index in [1.54, 1.807) is 12.3 Å². The molecule has 0 aliphatic heterocycles. The van der Waals surface area contributed by atoms with Gasteiger partial charge in [-0.3, -0.25) is 4.98 Å². The van der Waals surface area contributed by atoms with E-state index in [2.05, 4.69) is 29.2 Å². The molecule has 1 nitrogen and oxygen atoms in total. The van der Waals surface area contributed by atoms with E-state index >= 15 is 0 Å². The molecule has 0 aliphatic carbocycles. The Labute approximate surface area is 225 Å². The summed E-state index contributed by atoms with van der Waals surface area (Å²) in [7, 11) is 0. The van der Waals surface area contributed by atoms with Crippen molar-refractivity contribution in [1.82, 2.24) is 4.98 Å². The van der Waals surface area contributed by atoms with Gasteiger partial charge in [-0.1, -0.05) is 78.9 Å². The van der Waals surface area contributed by atoms with E-state index < -0.39 is 23.5 Å². The first-order valence-corrected chi connectivity index (χ1v) is 12.3. The Kier molecular flexibility index (Phi) is 6.10. The molecule has 0 fully saturated rings. The molecule has 0 atom stereocenters. The molecule has 0 saturated heterocycles. The molecule has 1 heterocycles. The number of benzene rings is 5. The Morgan fingerprint density at radius 2 is 1.07 bits per heavy atom. The highest BCUT2D eigenvalue weighted by Gasteiger charge is 2.37. The number of nitrogens with zero attached hydrogens (tertiary/aromatic N) is 1. The number of aromatic nitrogens is 1. The zero-order chi connectivity index (χ0) is 28.1. The predicted octanol–water partition coefficient (Wildman–Crippen LogP) is 10.4. The maximum absolute atomic E-state index is 13.3. The van der Waals surface area contributed by atoms with Crippen LogP contribution < -0.4 is 0 Å². The van der Waals surface area contributed by atoms with E-state index in [1.165, 1.54) is 12.1 Å². The molecule has 0 radical (unpaired) electrons. The first kappa shape index (κ1) is 25.6. The molecule has 40 heavy (non-hydrogen) atoms. The van der Waals surface area contributed by atoms with Crippen molar-refractivity contribution in [2.75, 3.05) is 0 Å². The van der Waals surface area contributed by atoms with Crippen LogP contribution in [0.15, 0.2) is 115 Å². The fraction of sp³-hybridized carbons (Fsp3) is 0.0606. The van der Waals surface area contributed by atoms with Crippen molar-refractivity contribution >= 4 is 21.7 Å². The van der Waals surface area contributed by atoms with Gasteiger partial charge >= 0.3 is 12.4 Å². The molecule has 0 spiro atoms. The minimum absolute atomic E-state index is 0.126. The third-order valence-electron chi connectivity index (χ3n) is 6.92. The van der Waals surface area contributed by atoms with Crippen LogP contribution in [0.25, 0.3) is 55.1 Å². The molecule has 0 unspecified atom stereocenters. The molecule has 1 aromatic heterocycles. The average molecular weight is 544 g/mol. The number of hydrogen-bond donors (Lipinski definition) is 0. The van der Waals surface area contributed by atoms with Gasteiger partial charge in [-0.25, -0.2) is 0 Å². The summed E-state index contributed by atoms with van der Waals surface area (Å²) < 4.78 is 79.9. The lowest BCUT2D eigenvalue weighted by molar-refractivity contribution is -0.143. The molecule has 5 aromatic carbocycles. The lowest BCUT2D eigenvalue weighted by Crippen LogP contribution is -2.11. The fourth-order valence-electron chi connectivity index (χ4n) is 4.90. The highest BCUT2D eigenvalue weighted by atomic mass is 19.4. The van der Waals surface area contributed by atoms with Gasteiger partial charge in [-0.15, -0.1) is 0 Å².